The fraction of sp³-hybridized carbons (Fsp3) is 0.714. The Bertz CT molecular complexity index is 385. The molecule has 0 amide bonds. The number of ether oxygens (including phenoxy) is 1. The van der Waals surface area contributed by atoms with Crippen LogP contribution < -0.4 is 0 Å². The van der Waals surface area contributed by atoms with Gasteiger partial charge in [-0.2, -0.15) is 0 Å². The molecule has 3 nitrogen and oxygen atoms in total. The molecule has 0 aromatic rings. The standard InChI is InChI=1S/C14H20O3/c1-4-5-10-6-7-14(12(16)17-3)9-8-13(10,2)11(14)15/h4-5,10H,6-9H2,1-3H3/b5-4+/t10-,13-,14+/m1/s1. The molecular formula is C14H20O3. The molecule has 0 spiro atoms. The van der Waals surface area contributed by atoms with Crippen molar-refractivity contribution < 1.29 is 14.3 Å². The van der Waals surface area contributed by atoms with Crippen molar-refractivity contribution in [1.29, 1.82) is 0 Å². The van der Waals surface area contributed by atoms with E-state index in [1.54, 1.807) is 0 Å². The third-order valence-corrected chi connectivity index (χ3v) is 4.73. The fourth-order valence-corrected chi connectivity index (χ4v) is 3.59. The Labute approximate surface area is 102 Å². The van der Waals surface area contributed by atoms with E-state index in [1.807, 2.05) is 19.9 Å². The van der Waals surface area contributed by atoms with Crippen molar-refractivity contribution >= 4 is 11.8 Å². The number of ketones is 1. The molecule has 2 bridgehead atoms. The third-order valence-electron chi connectivity index (χ3n) is 4.73. The summed E-state index contributed by atoms with van der Waals surface area (Å²) in [4.78, 5) is 24.5. The molecule has 0 saturated heterocycles. The molecule has 0 aromatic heterocycles. The van der Waals surface area contributed by atoms with Gasteiger partial charge in [0.25, 0.3) is 0 Å². The molecule has 3 atom stereocenters. The summed E-state index contributed by atoms with van der Waals surface area (Å²) < 4.78 is 4.84. The number of methoxy groups -OCH3 is 1. The minimum Gasteiger partial charge on any atom is -0.468 e. The molecular weight excluding hydrogens is 216 g/mol. The predicted octanol–water partition coefficient (Wildman–Crippen LogP) is 2.50. The monoisotopic (exact) mass is 236 g/mol. The first-order valence-electron chi connectivity index (χ1n) is 6.27. The highest BCUT2D eigenvalue weighted by atomic mass is 16.5. The smallest absolute Gasteiger partial charge is 0.319 e. The van der Waals surface area contributed by atoms with Crippen LogP contribution in [0.5, 0.6) is 0 Å². The second kappa shape index (κ2) is 3.97. The summed E-state index contributed by atoms with van der Waals surface area (Å²) >= 11 is 0. The van der Waals surface area contributed by atoms with Crippen molar-refractivity contribution in [2.45, 2.75) is 39.5 Å². The molecule has 0 aromatic carbocycles. The number of esters is 1. The van der Waals surface area contributed by atoms with Gasteiger partial charge in [-0.05, 0) is 38.5 Å². The average molecular weight is 236 g/mol. The van der Waals surface area contributed by atoms with E-state index in [0.29, 0.717) is 12.8 Å². The first-order chi connectivity index (χ1) is 8.01. The van der Waals surface area contributed by atoms with Gasteiger partial charge in [0.1, 0.15) is 5.41 Å². The molecule has 94 valence electrons. The van der Waals surface area contributed by atoms with Crippen LogP contribution in [0.25, 0.3) is 0 Å². The Balaban J connectivity index is 2.37. The van der Waals surface area contributed by atoms with Gasteiger partial charge in [0.15, 0.2) is 5.78 Å². The number of rotatable bonds is 2. The number of fused-ring (bicyclic) bond motifs is 2. The van der Waals surface area contributed by atoms with Crippen molar-refractivity contribution in [2.24, 2.45) is 16.7 Å². The third kappa shape index (κ3) is 1.48. The van der Waals surface area contributed by atoms with E-state index in [2.05, 4.69) is 6.08 Å². The van der Waals surface area contributed by atoms with Gasteiger partial charge in [-0.15, -0.1) is 0 Å². The van der Waals surface area contributed by atoms with Crippen molar-refractivity contribution in [2.75, 3.05) is 7.11 Å². The summed E-state index contributed by atoms with van der Waals surface area (Å²) in [7, 11) is 1.37. The van der Waals surface area contributed by atoms with Crippen LogP contribution in [-0.2, 0) is 14.3 Å². The Hall–Kier alpha value is -1.12. The minimum atomic E-state index is -0.832. The lowest BCUT2D eigenvalue weighted by Crippen LogP contribution is -2.47. The number of Topliss-reactive ketones (excluding diaryl/α,β-unsaturated/α-hetero) is 1. The molecule has 0 N–H and O–H groups in total. The Morgan fingerprint density at radius 3 is 2.71 bits per heavy atom. The predicted molar refractivity (Wildman–Crippen MR) is 64.3 cm³/mol. The van der Waals surface area contributed by atoms with Crippen LogP contribution in [0.2, 0.25) is 0 Å². The highest BCUT2D eigenvalue weighted by Gasteiger charge is 2.63. The first kappa shape index (κ1) is 12.3. The SMILES string of the molecule is C/C=C/[C@@H]1CC[C@]2(C(=O)OC)CC[C@@]1(C)C2=O. The second-order valence-corrected chi connectivity index (χ2v) is 5.49. The van der Waals surface area contributed by atoms with E-state index in [1.165, 1.54) is 7.11 Å². The van der Waals surface area contributed by atoms with Crippen LogP contribution in [0.4, 0.5) is 0 Å². The summed E-state index contributed by atoms with van der Waals surface area (Å²) in [6.07, 6.45) is 7.13. The van der Waals surface area contributed by atoms with Crippen LogP contribution in [0.3, 0.4) is 0 Å². The molecule has 2 aliphatic rings. The summed E-state index contributed by atoms with van der Waals surface area (Å²) in [6, 6.07) is 0. The van der Waals surface area contributed by atoms with Gasteiger partial charge in [-0.3, -0.25) is 9.59 Å². The van der Waals surface area contributed by atoms with Crippen LogP contribution in [0.15, 0.2) is 12.2 Å². The largest absolute Gasteiger partial charge is 0.468 e. The number of allylic oxidation sites excluding steroid dienone is 2. The van der Waals surface area contributed by atoms with Crippen molar-refractivity contribution in [3.63, 3.8) is 0 Å². The summed E-state index contributed by atoms with van der Waals surface area (Å²) in [6.45, 7) is 3.98. The van der Waals surface area contributed by atoms with E-state index in [4.69, 9.17) is 4.74 Å². The lowest BCUT2D eigenvalue weighted by atomic mass is 9.63. The molecule has 2 saturated carbocycles. The maximum atomic E-state index is 12.6. The molecule has 17 heavy (non-hydrogen) atoms. The number of carbonyl (C=O) groups is 2. The average Bonchev–Trinajstić information content (AvgIpc) is 2.49. The zero-order valence-corrected chi connectivity index (χ0v) is 10.8. The molecule has 3 heteroatoms. The normalized spacial score (nSPS) is 40.9. The summed E-state index contributed by atoms with van der Waals surface area (Å²) in [5.74, 6) is 0.0524. The maximum absolute atomic E-state index is 12.6. The number of hydrogen-bond donors (Lipinski definition) is 0. The molecule has 0 aliphatic heterocycles. The van der Waals surface area contributed by atoms with Gasteiger partial charge < -0.3 is 4.74 Å². The van der Waals surface area contributed by atoms with E-state index < -0.39 is 5.41 Å². The minimum absolute atomic E-state index is 0.103. The van der Waals surface area contributed by atoms with Crippen molar-refractivity contribution in [3.05, 3.63) is 12.2 Å². The van der Waals surface area contributed by atoms with Gasteiger partial charge >= 0.3 is 5.97 Å². The summed E-state index contributed by atoms with van der Waals surface area (Å²) in [5.41, 5.74) is -1.19. The molecule has 2 fully saturated rings. The summed E-state index contributed by atoms with van der Waals surface area (Å²) in [5, 5.41) is 0. The quantitative estimate of drug-likeness (QED) is 0.420. The zero-order chi connectivity index (χ0) is 12.7. The Kier molecular flexibility index (Phi) is 2.88. The second-order valence-electron chi connectivity index (χ2n) is 5.49. The fourth-order valence-electron chi connectivity index (χ4n) is 3.59. The highest BCUT2D eigenvalue weighted by molar-refractivity contribution is 6.08. The molecule has 2 rings (SSSR count). The van der Waals surface area contributed by atoms with Crippen LogP contribution in [-0.4, -0.2) is 18.9 Å². The topological polar surface area (TPSA) is 43.4 Å². The lowest BCUT2D eigenvalue weighted by molar-refractivity contribution is -0.161. The van der Waals surface area contributed by atoms with E-state index in [0.717, 1.165) is 12.8 Å². The maximum Gasteiger partial charge on any atom is 0.319 e. The molecule has 0 heterocycles. The lowest BCUT2D eigenvalue weighted by Gasteiger charge is -2.39. The van der Waals surface area contributed by atoms with Gasteiger partial charge in [-0.25, -0.2) is 0 Å². The molecule has 0 unspecified atom stereocenters. The van der Waals surface area contributed by atoms with Crippen LogP contribution >= 0.6 is 0 Å². The number of hydrogen-bond acceptors (Lipinski definition) is 3. The van der Waals surface area contributed by atoms with E-state index >= 15 is 0 Å². The van der Waals surface area contributed by atoms with Crippen molar-refractivity contribution in [3.8, 4) is 0 Å². The molecule has 0 radical (unpaired) electrons. The van der Waals surface area contributed by atoms with Gasteiger partial charge in [0, 0.05) is 5.41 Å². The van der Waals surface area contributed by atoms with Crippen LogP contribution in [0.1, 0.15) is 39.5 Å². The Morgan fingerprint density at radius 2 is 2.12 bits per heavy atom. The van der Waals surface area contributed by atoms with E-state index in [-0.39, 0.29) is 23.1 Å². The van der Waals surface area contributed by atoms with Crippen LogP contribution in [0, 0.1) is 16.7 Å². The van der Waals surface area contributed by atoms with Gasteiger partial charge in [-0.1, -0.05) is 19.1 Å². The van der Waals surface area contributed by atoms with Gasteiger partial charge in [0.05, 0.1) is 7.11 Å². The Morgan fingerprint density at radius 1 is 1.41 bits per heavy atom. The molecule has 2 aliphatic carbocycles. The first-order valence-corrected chi connectivity index (χ1v) is 6.27. The van der Waals surface area contributed by atoms with Gasteiger partial charge in [0.2, 0.25) is 0 Å². The number of carbonyl (C=O) groups excluding carboxylic acids is 2. The van der Waals surface area contributed by atoms with Crippen molar-refractivity contribution in [1.82, 2.24) is 0 Å². The highest BCUT2D eigenvalue weighted by Crippen LogP contribution is 2.58. The zero-order valence-electron chi connectivity index (χ0n) is 10.8. The van der Waals surface area contributed by atoms with E-state index in [9.17, 15) is 9.59 Å².